The van der Waals surface area contributed by atoms with Gasteiger partial charge in [-0.1, -0.05) is 0 Å². The lowest BCUT2D eigenvalue weighted by molar-refractivity contribution is -0.115. The quantitative estimate of drug-likeness (QED) is 0.568. The number of anilines is 2. The fourth-order valence-corrected chi connectivity index (χ4v) is 5.36. The van der Waals surface area contributed by atoms with Crippen LogP contribution in [-0.2, 0) is 15.8 Å². The van der Waals surface area contributed by atoms with E-state index >= 15 is 0 Å². The van der Waals surface area contributed by atoms with Gasteiger partial charge in [0.1, 0.15) is 11.0 Å². The van der Waals surface area contributed by atoms with E-state index in [2.05, 4.69) is 20.7 Å². The molecule has 0 aliphatic carbocycles. The van der Waals surface area contributed by atoms with Gasteiger partial charge in [-0.25, -0.2) is 8.93 Å². The minimum Gasteiger partial charge on any atom is -0.324 e. The number of benzene rings is 2. The summed E-state index contributed by atoms with van der Waals surface area (Å²) in [5.41, 5.74) is 1.74. The van der Waals surface area contributed by atoms with Crippen molar-refractivity contribution >= 4 is 45.9 Å². The van der Waals surface area contributed by atoms with E-state index in [9.17, 15) is 13.8 Å². The Bertz CT molecular complexity index is 975. The Kier molecular flexibility index (Phi) is 6.52. The number of fused-ring (bicyclic) bond motifs is 1. The van der Waals surface area contributed by atoms with Crippen LogP contribution in [0.5, 0.6) is 0 Å². The number of rotatable bonds is 5. The number of nitrogens with one attached hydrogen (secondary N) is 4. The Balaban J connectivity index is 1.38. The molecule has 158 valence electrons. The van der Waals surface area contributed by atoms with E-state index in [1.54, 1.807) is 36.4 Å². The highest BCUT2D eigenvalue weighted by atomic mass is 32.2. The Morgan fingerprint density at radius 1 is 1.13 bits per heavy atom. The van der Waals surface area contributed by atoms with Gasteiger partial charge in [0.2, 0.25) is 5.91 Å². The van der Waals surface area contributed by atoms with Gasteiger partial charge in [0.15, 0.2) is 0 Å². The van der Waals surface area contributed by atoms with Crippen molar-refractivity contribution in [3.8, 4) is 0 Å². The first-order valence-electron chi connectivity index (χ1n) is 9.91. The highest BCUT2D eigenvalue weighted by Crippen LogP contribution is 2.36. The van der Waals surface area contributed by atoms with E-state index in [0.29, 0.717) is 21.8 Å². The van der Waals surface area contributed by atoms with Crippen molar-refractivity contribution in [3.63, 3.8) is 0 Å². The molecule has 30 heavy (non-hydrogen) atoms. The van der Waals surface area contributed by atoms with Crippen LogP contribution in [0.1, 0.15) is 30.1 Å². The molecule has 2 aliphatic heterocycles. The predicted octanol–water partition coefficient (Wildman–Crippen LogP) is 2.74. The average Bonchev–Trinajstić information content (AvgIpc) is 2.75. The van der Waals surface area contributed by atoms with Crippen LogP contribution in [0.25, 0.3) is 0 Å². The number of amides is 2. The summed E-state index contributed by atoms with van der Waals surface area (Å²) >= 11 is 1.48. The average molecular weight is 445 g/mol. The summed E-state index contributed by atoms with van der Waals surface area (Å²) in [6, 6.07) is 12.5. The Morgan fingerprint density at radius 3 is 2.60 bits per heavy atom. The van der Waals surface area contributed by atoms with Crippen LogP contribution in [0.3, 0.4) is 0 Å². The van der Waals surface area contributed by atoms with E-state index in [1.807, 2.05) is 13.0 Å². The van der Waals surface area contributed by atoms with Crippen LogP contribution in [-0.4, -0.2) is 40.4 Å². The van der Waals surface area contributed by atoms with Crippen LogP contribution in [0.15, 0.2) is 52.3 Å². The zero-order chi connectivity index (χ0) is 21.1. The highest BCUT2D eigenvalue weighted by Gasteiger charge is 2.24. The molecule has 0 spiro atoms. The van der Waals surface area contributed by atoms with Gasteiger partial charge in [0, 0.05) is 22.2 Å². The maximum Gasteiger partial charge on any atom is 0.255 e. The van der Waals surface area contributed by atoms with Crippen LogP contribution < -0.4 is 20.7 Å². The monoisotopic (exact) mass is 444 g/mol. The van der Waals surface area contributed by atoms with Crippen molar-refractivity contribution in [3.05, 3.63) is 48.0 Å². The second-order valence-corrected chi connectivity index (χ2v) is 9.98. The Morgan fingerprint density at radius 2 is 1.87 bits per heavy atom. The smallest absolute Gasteiger partial charge is 0.255 e. The molecule has 4 N–H and O–H groups in total. The second-order valence-electron chi connectivity index (χ2n) is 7.35. The van der Waals surface area contributed by atoms with E-state index in [0.717, 1.165) is 30.8 Å². The predicted molar refractivity (Wildman–Crippen MR) is 120 cm³/mol. The number of hydrogen-bond donors (Lipinski definition) is 4. The standard InChI is InChI=1S/C21H24N4O3S2/c1-13-20(26)24-18-12-14(2-7-19(18)29-13)21(27)23-15-3-5-17(6-4-15)30(28)25-16-8-10-22-11-9-16/h2-7,12-13,16,22,25H,8-11H2,1H3,(H,23,27)(H,24,26). The number of piperidine rings is 1. The minimum absolute atomic E-state index is 0.0632. The zero-order valence-corrected chi connectivity index (χ0v) is 18.2. The van der Waals surface area contributed by atoms with Gasteiger partial charge in [-0.05, 0) is 75.3 Å². The van der Waals surface area contributed by atoms with Crippen molar-refractivity contribution in [2.75, 3.05) is 23.7 Å². The molecule has 2 unspecified atom stereocenters. The van der Waals surface area contributed by atoms with Gasteiger partial charge in [-0.3, -0.25) is 9.59 Å². The number of hydrogen-bond acceptors (Lipinski definition) is 5. The van der Waals surface area contributed by atoms with E-state index in [-0.39, 0.29) is 23.1 Å². The van der Waals surface area contributed by atoms with Gasteiger partial charge < -0.3 is 16.0 Å². The molecule has 0 saturated carbocycles. The molecular weight excluding hydrogens is 420 g/mol. The molecule has 0 radical (unpaired) electrons. The van der Waals surface area contributed by atoms with Crippen LogP contribution >= 0.6 is 11.8 Å². The van der Waals surface area contributed by atoms with Gasteiger partial charge in [0.25, 0.3) is 5.91 Å². The summed E-state index contributed by atoms with van der Waals surface area (Å²) in [5, 5.41) is 8.82. The fourth-order valence-electron chi connectivity index (χ4n) is 3.37. The fraction of sp³-hybridized carbons (Fsp3) is 0.333. The molecule has 2 heterocycles. The molecule has 0 bridgehead atoms. The first-order valence-corrected chi connectivity index (χ1v) is 11.9. The summed E-state index contributed by atoms with van der Waals surface area (Å²) in [6.45, 7) is 3.72. The molecule has 2 aromatic rings. The highest BCUT2D eigenvalue weighted by molar-refractivity contribution is 8.01. The molecule has 1 fully saturated rings. The summed E-state index contributed by atoms with van der Waals surface area (Å²) < 4.78 is 15.7. The normalized spacial score (nSPS) is 20.2. The van der Waals surface area contributed by atoms with Gasteiger partial charge in [0.05, 0.1) is 15.8 Å². The third kappa shape index (κ3) is 4.92. The lowest BCUT2D eigenvalue weighted by atomic mass is 10.1. The topological polar surface area (TPSA) is 99.3 Å². The SMILES string of the molecule is CC1Sc2ccc(C(=O)Nc3ccc(S(=O)NC4CCNCC4)cc3)cc2NC1=O. The molecule has 2 amide bonds. The Hall–Kier alpha value is -2.20. The van der Waals surface area contributed by atoms with E-state index in [4.69, 9.17) is 0 Å². The molecule has 2 aromatic carbocycles. The summed E-state index contributed by atoms with van der Waals surface area (Å²) in [7, 11) is -1.28. The number of carbonyl (C=O) groups is 2. The largest absolute Gasteiger partial charge is 0.324 e. The molecule has 4 rings (SSSR count). The van der Waals surface area contributed by atoms with Gasteiger partial charge in [-0.15, -0.1) is 11.8 Å². The molecule has 9 heteroatoms. The third-order valence-corrected chi connectivity index (χ3v) is 7.54. The van der Waals surface area contributed by atoms with E-state index in [1.165, 1.54) is 11.8 Å². The maximum atomic E-state index is 12.6. The first-order chi connectivity index (χ1) is 14.5. The van der Waals surface area contributed by atoms with Crippen molar-refractivity contribution in [1.82, 2.24) is 10.0 Å². The van der Waals surface area contributed by atoms with Crippen molar-refractivity contribution in [2.45, 2.75) is 40.8 Å². The van der Waals surface area contributed by atoms with E-state index < -0.39 is 11.0 Å². The molecule has 1 saturated heterocycles. The first kappa shape index (κ1) is 21.0. The molecular formula is C21H24N4O3S2. The summed E-state index contributed by atoms with van der Waals surface area (Å²) in [5.74, 6) is -0.330. The second kappa shape index (κ2) is 9.30. The lowest BCUT2D eigenvalue weighted by Gasteiger charge is -2.23. The maximum absolute atomic E-state index is 12.6. The minimum atomic E-state index is -1.28. The number of carbonyl (C=O) groups excluding carboxylic acids is 2. The Labute approximate surface area is 182 Å². The molecule has 0 aromatic heterocycles. The summed E-state index contributed by atoms with van der Waals surface area (Å²) in [4.78, 5) is 26.1. The van der Waals surface area contributed by atoms with Crippen LogP contribution in [0.4, 0.5) is 11.4 Å². The van der Waals surface area contributed by atoms with Gasteiger partial charge >= 0.3 is 0 Å². The summed E-state index contributed by atoms with van der Waals surface area (Å²) in [6.07, 6.45) is 1.91. The zero-order valence-electron chi connectivity index (χ0n) is 16.6. The molecule has 2 aliphatic rings. The van der Waals surface area contributed by atoms with Crippen molar-refractivity contribution in [2.24, 2.45) is 0 Å². The molecule has 7 nitrogen and oxygen atoms in total. The molecule has 2 atom stereocenters. The van der Waals surface area contributed by atoms with Crippen molar-refractivity contribution in [1.29, 1.82) is 0 Å². The lowest BCUT2D eigenvalue weighted by Crippen LogP contribution is -2.40. The van der Waals surface area contributed by atoms with Gasteiger partial charge in [-0.2, -0.15) is 0 Å². The van der Waals surface area contributed by atoms with Crippen LogP contribution in [0.2, 0.25) is 0 Å². The number of thioether (sulfide) groups is 1. The van der Waals surface area contributed by atoms with Crippen molar-refractivity contribution < 1.29 is 13.8 Å². The van der Waals surface area contributed by atoms with Crippen LogP contribution in [0, 0.1) is 0 Å². The third-order valence-electron chi connectivity index (χ3n) is 5.11.